The van der Waals surface area contributed by atoms with Gasteiger partial charge < -0.3 is 14.6 Å². The van der Waals surface area contributed by atoms with Gasteiger partial charge in [-0.05, 0) is 26.0 Å². The van der Waals surface area contributed by atoms with Gasteiger partial charge in [-0.15, -0.1) is 11.8 Å². The molecule has 0 aliphatic rings. The molecule has 0 spiro atoms. The van der Waals surface area contributed by atoms with Gasteiger partial charge in [0.25, 0.3) is 5.91 Å². The third-order valence-corrected chi connectivity index (χ3v) is 3.99. The van der Waals surface area contributed by atoms with Crippen LogP contribution in [0.3, 0.4) is 0 Å². The van der Waals surface area contributed by atoms with Crippen LogP contribution in [0.25, 0.3) is 0 Å². The first-order chi connectivity index (χ1) is 11.5. The van der Waals surface area contributed by atoms with E-state index in [4.69, 9.17) is 9.26 Å². The molecule has 0 aliphatic carbocycles. The molecule has 126 valence electrons. The Morgan fingerprint density at radius 2 is 2.04 bits per heavy atom. The zero-order chi connectivity index (χ0) is 17.5. The van der Waals surface area contributed by atoms with Crippen LogP contribution in [0, 0.1) is 6.92 Å². The van der Waals surface area contributed by atoms with Crippen molar-refractivity contribution in [2.24, 2.45) is 0 Å². The highest BCUT2D eigenvalue weighted by Gasteiger charge is 2.15. The normalized spacial score (nSPS) is 10.2. The molecule has 1 amide bonds. The number of carbonyl (C=O) groups excluding carboxylic acids is 3. The predicted octanol–water partition coefficient (Wildman–Crippen LogP) is 2.46. The number of Topliss-reactive ketones (excluding diaryl/α,β-unsaturated/α-hetero) is 1. The Hall–Kier alpha value is -2.61. The van der Waals surface area contributed by atoms with E-state index < -0.39 is 18.5 Å². The van der Waals surface area contributed by atoms with Crippen LogP contribution in [0.2, 0.25) is 0 Å². The number of esters is 1. The van der Waals surface area contributed by atoms with Gasteiger partial charge in [-0.25, -0.2) is 4.79 Å². The summed E-state index contributed by atoms with van der Waals surface area (Å²) in [6, 6.07) is 8.31. The molecule has 0 radical (unpaired) electrons. The summed E-state index contributed by atoms with van der Waals surface area (Å²) in [6.07, 6.45) is 0. The van der Waals surface area contributed by atoms with Gasteiger partial charge in [0.05, 0.1) is 11.3 Å². The molecule has 0 aliphatic heterocycles. The molecule has 0 bridgehead atoms. The van der Waals surface area contributed by atoms with E-state index in [2.05, 4.69) is 10.5 Å². The fraction of sp³-hybridized carbons (Fsp3) is 0.250. The van der Waals surface area contributed by atoms with E-state index in [1.807, 2.05) is 0 Å². The van der Waals surface area contributed by atoms with Crippen molar-refractivity contribution >= 4 is 35.2 Å². The quantitative estimate of drug-likeness (QED) is 0.606. The largest absolute Gasteiger partial charge is 0.452 e. The molecule has 0 saturated heterocycles. The van der Waals surface area contributed by atoms with Gasteiger partial charge in [0.1, 0.15) is 11.5 Å². The smallest absolute Gasteiger partial charge is 0.339 e. The number of anilines is 1. The van der Waals surface area contributed by atoms with E-state index in [1.54, 1.807) is 37.3 Å². The fourth-order valence-corrected chi connectivity index (χ4v) is 2.59. The Bertz CT molecular complexity index is 756. The first-order valence-corrected chi connectivity index (χ1v) is 8.06. The topological polar surface area (TPSA) is 98.5 Å². The first-order valence-electron chi connectivity index (χ1n) is 7.07. The molecule has 1 aromatic heterocycles. The second-order valence-electron chi connectivity index (χ2n) is 4.93. The van der Waals surface area contributed by atoms with E-state index >= 15 is 0 Å². The molecule has 0 saturated carbocycles. The van der Waals surface area contributed by atoms with Crippen molar-refractivity contribution in [3.05, 3.63) is 41.7 Å². The Morgan fingerprint density at radius 3 is 2.71 bits per heavy atom. The van der Waals surface area contributed by atoms with E-state index in [0.29, 0.717) is 16.2 Å². The second-order valence-corrected chi connectivity index (χ2v) is 5.95. The Balaban J connectivity index is 1.92. The highest BCUT2D eigenvalue weighted by atomic mass is 32.2. The van der Waals surface area contributed by atoms with Gasteiger partial charge in [-0.2, -0.15) is 0 Å². The van der Waals surface area contributed by atoms with Crippen molar-refractivity contribution in [2.45, 2.75) is 18.7 Å². The maximum atomic E-state index is 12.1. The van der Waals surface area contributed by atoms with Crippen molar-refractivity contribution in [3.63, 3.8) is 0 Å². The molecule has 2 aromatic rings. The average Bonchev–Trinajstić information content (AvgIpc) is 2.95. The van der Waals surface area contributed by atoms with Gasteiger partial charge in [0.2, 0.25) is 0 Å². The third-order valence-electron chi connectivity index (χ3n) is 2.77. The lowest BCUT2D eigenvalue weighted by Gasteiger charge is -2.08. The number of carbonyl (C=O) groups is 3. The van der Waals surface area contributed by atoms with E-state index in [9.17, 15) is 14.4 Å². The zero-order valence-electron chi connectivity index (χ0n) is 13.2. The SMILES string of the molecule is CC(=O)CSc1ccccc1C(=O)OCC(=O)Nc1cc(C)on1. The Morgan fingerprint density at radius 1 is 1.29 bits per heavy atom. The highest BCUT2D eigenvalue weighted by molar-refractivity contribution is 8.00. The number of ether oxygens (including phenoxy) is 1. The number of nitrogens with one attached hydrogen (secondary N) is 1. The number of aromatic nitrogens is 1. The lowest BCUT2D eigenvalue weighted by Crippen LogP contribution is -2.21. The number of hydrogen-bond acceptors (Lipinski definition) is 7. The maximum Gasteiger partial charge on any atom is 0.339 e. The minimum atomic E-state index is -0.631. The number of amides is 1. The fourth-order valence-electron chi connectivity index (χ4n) is 1.75. The number of thioether (sulfide) groups is 1. The minimum absolute atomic E-state index is 0.00505. The van der Waals surface area contributed by atoms with Crippen molar-refractivity contribution in [1.82, 2.24) is 5.16 Å². The van der Waals surface area contributed by atoms with Crippen molar-refractivity contribution in [1.29, 1.82) is 0 Å². The van der Waals surface area contributed by atoms with Gasteiger partial charge in [0.15, 0.2) is 12.4 Å². The van der Waals surface area contributed by atoms with Gasteiger partial charge in [-0.3, -0.25) is 9.59 Å². The van der Waals surface area contributed by atoms with E-state index in [0.717, 1.165) is 0 Å². The molecule has 1 N–H and O–H groups in total. The molecular weight excluding hydrogens is 332 g/mol. The van der Waals surface area contributed by atoms with Crippen molar-refractivity contribution < 1.29 is 23.6 Å². The number of nitrogens with zero attached hydrogens (tertiary/aromatic N) is 1. The molecule has 0 fully saturated rings. The van der Waals surface area contributed by atoms with E-state index in [1.165, 1.54) is 18.7 Å². The van der Waals surface area contributed by atoms with Crippen LogP contribution in [0.15, 0.2) is 39.8 Å². The predicted molar refractivity (Wildman–Crippen MR) is 88.0 cm³/mol. The van der Waals surface area contributed by atoms with Crippen LogP contribution in [-0.2, 0) is 14.3 Å². The van der Waals surface area contributed by atoms with Crippen LogP contribution in [0.4, 0.5) is 5.82 Å². The first kappa shape index (κ1) is 17.7. The number of aryl methyl sites for hydroxylation is 1. The van der Waals surface area contributed by atoms with Gasteiger partial charge in [0, 0.05) is 11.0 Å². The minimum Gasteiger partial charge on any atom is -0.452 e. The molecule has 2 rings (SSSR count). The van der Waals surface area contributed by atoms with Crippen molar-refractivity contribution in [3.8, 4) is 0 Å². The van der Waals surface area contributed by atoms with Gasteiger partial charge >= 0.3 is 5.97 Å². The molecule has 0 unspecified atom stereocenters. The standard InChI is InChI=1S/C16H16N2O5S/c1-10(19)9-24-13-6-4-3-5-12(13)16(21)22-8-15(20)17-14-7-11(2)23-18-14/h3-7H,8-9H2,1-2H3,(H,17,18,20). The molecule has 1 aromatic carbocycles. The molecule has 0 atom stereocenters. The summed E-state index contributed by atoms with van der Waals surface area (Å²) >= 11 is 1.25. The summed E-state index contributed by atoms with van der Waals surface area (Å²) in [5.74, 6) is -0.0789. The van der Waals surface area contributed by atoms with Crippen LogP contribution < -0.4 is 5.32 Å². The lowest BCUT2D eigenvalue weighted by atomic mass is 10.2. The third kappa shape index (κ3) is 5.24. The molecular formula is C16H16N2O5S. The summed E-state index contributed by atoms with van der Waals surface area (Å²) in [7, 11) is 0. The number of rotatable bonds is 7. The summed E-state index contributed by atoms with van der Waals surface area (Å²) < 4.78 is 9.83. The summed E-state index contributed by atoms with van der Waals surface area (Å²) in [5, 5.41) is 6.07. The maximum absolute atomic E-state index is 12.1. The molecule has 7 nitrogen and oxygen atoms in total. The van der Waals surface area contributed by atoms with E-state index in [-0.39, 0.29) is 17.4 Å². The van der Waals surface area contributed by atoms with Crippen molar-refractivity contribution in [2.75, 3.05) is 17.7 Å². The average molecular weight is 348 g/mol. The molecule has 8 heteroatoms. The molecule has 1 heterocycles. The summed E-state index contributed by atoms with van der Waals surface area (Å²) in [4.78, 5) is 35.6. The van der Waals surface area contributed by atoms with Crippen LogP contribution >= 0.6 is 11.8 Å². The Kier molecular flexibility index (Phi) is 6.14. The van der Waals surface area contributed by atoms with Crippen LogP contribution in [-0.4, -0.2) is 35.2 Å². The molecule has 24 heavy (non-hydrogen) atoms. The lowest BCUT2D eigenvalue weighted by molar-refractivity contribution is -0.119. The zero-order valence-corrected chi connectivity index (χ0v) is 14.0. The number of benzene rings is 1. The summed E-state index contributed by atoms with van der Waals surface area (Å²) in [6.45, 7) is 2.72. The van der Waals surface area contributed by atoms with Crippen LogP contribution in [0.5, 0.6) is 0 Å². The summed E-state index contributed by atoms with van der Waals surface area (Å²) in [5.41, 5.74) is 0.314. The second kappa shape index (κ2) is 8.30. The Labute approximate surface area is 142 Å². The van der Waals surface area contributed by atoms with Gasteiger partial charge in [-0.1, -0.05) is 17.3 Å². The number of ketones is 1. The van der Waals surface area contributed by atoms with Crippen LogP contribution in [0.1, 0.15) is 23.0 Å². The number of hydrogen-bond donors (Lipinski definition) is 1. The highest BCUT2D eigenvalue weighted by Crippen LogP contribution is 2.23. The monoisotopic (exact) mass is 348 g/mol.